The average Bonchev–Trinajstić information content (AvgIpc) is 2.65. The first-order valence-electron chi connectivity index (χ1n) is 7.35. The number of para-hydroxylation sites is 1. The van der Waals surface area contributed by atoms with Gasteiger partial charge in [0.1, 0.15) is 12.4 Å². The van der Waals surface area contributed by atoms with Crippen LogP contribution in [0.1, 0.15) is 27.7 Å². The van der Waals surface area contributed by atoms with Crippen molar-refractivity contribution in [2.75, 3.05) is 18.1 Å². The zero-order valence-corrected chi connectivity index (χ0v) is 13.3. The molecule has 1 N–H and O–H groups in total. The van der Waals surface area contributed by atoms with Gasteiger partial charge in [-0.25, -0.2) is 4.79 Å². The van der Waals surface area contributed by atoms with Gasteiger partial charge in [0.15, 0.2) is 0 Å². The number of benzene rings is 1. The summed E-state index contributed by atoms with van der Waals surface area (Å²) in [5.41, 5.74) is 0.344. The first kappa shape index (κ1) is 15.2. The summed E-state index contributed by atoms with van der Waals surface area (Å²) in [7, 11) is -0.575. The molecule has 2 aliphatic heterocycles. The van der Waals surface area contributed by atoms with Crippen molar-refractivity contribution in [3.63, 3.8) is 0 Å². The molecule has 6 nitrogen and oxygen atoms in total. The topological polar surface area (TPSA) is 68.2 Å². The highest BCUT2D eigenvalue weighted by atomic mass is 16.7. The zero-order valence-electron chi connectivity index (χ0n) is 13.3. The van der Waals surface area contributed by atoms with Crippen molar-refractivity contribution in [2.24, 2.45) is 0 Å². The second-order valence-electron chi connectivity index (χ2n) is 6.57. The highest BCUT2D eigenvalue weighted by molar-refractivity contribution is 6.63. The van der Waals surface area contributed by atoms with Crippen LogP contribution in [0.2, 0.25) is 0 Å². The molecule has 1 aromatic carbocycles. The molecule has 0 unspecified atom stereocenters. The normalized spacial score (nSPS) is 22.2. The maximum Gasteiger partial charge on any atom is 0.498 e. The van der Waals surface area contributed by atoms with Crippen LogP contribution < -0.4 is 15.1 Å². The van der Waals surface area contributed by atoms with Gasteiger partial charge in [-0.2, -0.15) is 0 Å². The van der Waals surface area contributed by atoms with Crippen molar-refractivity contribution in [3.05, 3.63) is 18.2 Å². The first-order valence-corrected chi connectivity index (χ1v) is 7.35. The summed E-state index contributed by atoms with van der Waals surface area (Å²) in [6, 6.07) is 5.38. The summed E-state index contributed by atoms with van der Waals surface area (Å²) >= 11 is 0. The second-order valence-corrected chi connectivity index (χ2v) is 6.57. The molecule has 2 aliphatic rings. The lowest BCUT2D eigenvalue weighted by Crippen LogP contribution is -2.42. The molecule has 22 heavy (non-hydrogen) atoms. The van der Waals surface area contributed by atoms with E-state index in [0.717, 1.165) is 5.46 Å². The Morgan fingerprint density at radius 1 is 1.23 bits per heavy atom. The van der Waals surface area contributed by atoms with Crippen LogP contribution in [0, 0.1) is 0 Å². The van der Waals surface area contributed by atoms with E-state index >= 15 is 0 Å². The third-order valence-corrected chi connectivity index (χ3v) is 4.61. The minimum Gasteiger partial charge on any atom is -0.490 e. The number of hydrogen-bond acceptors (Lipinski definition) is 4. The Kier molecular flexibility index (Phi) is 3.38. The number of nitrogens with zero attached hydrogens (tertiary/aromatic N) is 1. The van der Waals surface area contributed by atoms with Gasteiger partial charge in [0.2, 0.25) is 0 Å². The fourth-order valence-electron chi connectivity index (χ4n) is 2.63. The van der Waals surface area contributed by atoms with Crippen LogP contribution in [-0.4, -0.2) is 42.7 Å². The third-order valence-electron chi connectivity index (χ3n) is 4.61. The van der Waals surface area contributed by atoms with Crippen molar-refractivity contribution < 1.29 is 23.9 Å². The Balaban J connectivity index is 2.01. The van der Waals surface area contributed by atoms with Crippen LogP contribution in [0.15, 0.2) is 18.2 Å². The number of carbonyl (C=O) groups is 1. The molecule has 0 aliphatic carbocycles. The van der Waals surface area contributed by atoms with E-state index in [2.05, 4.69) is 0 Å². The molecule has 1 saturated heterocycles. The van der Waals surface area contributed by atoms with E-state index < -0.39 is 24.4 Å². The van der Waals surface area contributed by atoms with E-state index in [-0.39, 0.29) is 0 Å². The summed E-state index contributed by atoms with van der Waals surface area (Å²) < 4.78 is 17.8. The molecule has 118 valence electrons. The van der Waals surface area contributed by atoms with Crippen LogP contribution in [-0.2, 0) is 9.31 Å². The van der Waals surface area contributed by atoms with Crippen molar-refractivity contribution in [1.82, 2.24) is 0 Å². The van der Waals surface area contributed by atoms with E-state index in [1.165, 1.54) is 4.90 Å². The smallest absolute Gasteiger partial charge is 0.490 e. The van der Waals surface area contributed by atoms with Gasteiger partial charge in [0.25, 0.3) is 0 Å². The quantitative estimate of drug-likeness (QED) is 0.802. The van der Waals surface area contributed by atoms with Crippen LogP contribution in [0.25, 0.3) is 0 Å². The summed E-state index contributed by atoms with van der Waals surface area (Å²) in [5.74, 6) is 0.523. The lowest BCUT2D eigenvalue weighted by Gasteiger charge is -2.32. The largest absolute Gasteiger partial charge is 0.498 e. The minimum absolute atomic E-state index is 0.315. The fraction of sp³-hybridized carbons (Fsp3) is 0.533. The van der Waals surface area contributed by atoms with Crippen molar-refractivity contribution in [1.29, 1.82) is 0 Å². The van der Waals surface area contributed by atoms with Crippen LogP contribution >= 0.6 is 0 Å². The number of hydrogen-bond donors (Lipinski definition) is 1. The molecule has 1 aromatic rings. The van der Waals surface area contributed by atoms with Gasteiger partial charge in [-0.1, -0.05) is 12.1 Å². The van der Waals surface area contributed by atoms with Gasteiger partial charge in [-0.15, -0.1) is 0 Å². The Morgan fingerprint density at radius 2 is 1.86 bits per heavy atom. The number of anilines is 1. The Hall–Kier alpha value is -1.73. The highest BCUT2D eigenvalue weighted by Gasteiger charge is 2.52. The molecule has 1 fully saturated rings. The molecule has 0 saturated carbocycles. The van der Waals surface area contributed by atoms with Gasteiger partial charge in [0.05, 0.1) is 23.4 Å². The molecular weight excluding hydrogens is 285 g/mol. The maximum absolute atomic E-state index is 11.4. The number of rotatable bonds is 1. The predicted molar refractivity (Wildman–Crippen MR) is 83.0 cm³/mol. The lowest BCUT2D eigenvalue weighted by molar-refractivity contribution is 0.00578. The molecule has 0 atom stereocenters. The summed E-state index contributed by atoms with van der Waals surface area (Å²) in [4.78, 5) is 12.6. The number of amides is 1. The van der Waals surface area contributed by atoms with Gasteiger partial charge in [0, 0.05) is 5.46 Å². The Labute approximate surface area is 130 Å². The SMILES string of the molecule is CC1(C)OB(c2cccc3c2OCCN3C(=O)O)OC1(C)C. The van der Waals surface area contributed by atoms with E-state index in [0.29, 0.717) is 24.6 Å². The summed E-state index contributed by atoms with van der Waals surface area (Å²) in [6.45, 7) is 8.55. The number of fused-ring (bicyclic) bond motifs is 1. The molecule has 0 bridgehead atoms. The molecule has 0 radical (unpaired) electrons. The van der Waals surface area contributed by atoms with Gasteiger partial charge >= 0.3 is 13.2 Å². The predicted octanol–water partition coefficient (Wildman–Crippen LogP) is 1.86. The average molecular weight is 305 g/mol. The van der Waals surface area contributed by atoms with E-state index in [1.807, 2.05) is 33.8 Å². The molecular formula is C15H20BNO5. The van der Waals surface area contributed by atoms with E-state index in [4.69, 9.17) is 14.0 Å². The Morgan fingerprint density at radius 3 is 2.45 bits per heavy atom. The standard InChI is InChI=1S/C15H20BNO5/c1-14(2)15(3,4)22-16(21-14)10-6-5-7-11-12(10)20-9-8-17(11)13(18)19/h5-7H,8-9H2,1-4H3,(H,18,19). The zero-order chi connectivity index (χ0) is 16.1. The molecule has 3 rings (SSSR count). The van der Waals surface area contributed by atoms with Crippen LogP contribution in [0.4, 0.5) is 10.5 Å². The minimum atomic E-state index is -0.990. The van der Waals surface area contributed by atoms with Gasteiger partial charge in [-0.3, -0.25) is 4.90 Å². The molecule has 1 amide bonds. The van der Waals surface area contributed by atoms with Crippen LogP contribution in [0.5, 0.6) is 5.75 Å². The lowest BCUT2D eigenvalue weighted by atomic mass is 9.77. The number of carboxylic acid groups (broad SMARTS) is 1. The fourth-order valence-corrected chi connectivity index (χ4v) is 2.63. The highest BCUT2D eigenvalue weighted by Crippen LogP contribution is 2.39. The van der Waals surface area contributed by atoms with E-state index in [1.54, 1.807) is 12.1 Å². The summed E-state index contributed by atoms with van der Waals surface area (Å²) in [6.07, 6.45) is -0.990. The first-order chi connectivity index (χ1) is 10.2. The summed E-state index contributed by atoms with van der Waals surface area (Å²) in [5, 5.41) is 9.32. The van der Waals surface area contributed by atoms with Crippen LogP contribution in [0.3, 0.4) is 0 Å². The molecule has 7 heteroatoms. The van der Waals surface area contributed by atoms with Gasteiger partial charge in [-0.05, 0) is 33.8 Å². The second kappa shape index (κ2) is 4.89. The van der Waals surface area contributed by atoms with Gasteiger partial charge < -0.3 is 19.2 Å². The monoisotopic (exact) mass is 305 g/mol. The third kappa shape index (κ3) is 2.25. The van der Waals surface area contributed by atoms with E-state index in [9.17, 15) is 9.90 Å². The Bertz CT molecular complexity index is 600. The van der Waals surface area contributed by atoms with Crippen molar-refractivity contribution in [2.45, 2.75) is 38.9 Å². The molecule has 2 heterocycles. The maximum atomic E-state index is 11.4. The van der Waals surface area contributed by atoms with Crippen molar-refractivity contribution in [3.8, 4) is 5.75 Å². The molecule has 0 spiro atoms. The number of ether oxygens (including phenoxy) is 1. The van der Waals surface area contributed by atoms with Crippen molar-refractivity contribution >= 4 is 24.4 Å². The molecule has 0 aromatic heterocycles.